The number of alkyl carbamates (subject to hydrolysis) is 1. The van der Waals surface area contributed by atoms with Gasteiger partial charge in [-0.3, -0.25) is 10.1 Å². The third-order valence-corrected chi connectivity index (χ3v) is 4.43. The number of halogens is 3. The van der Waals surface area contributed by atoms with Crippen molar-refractivity contribution in [3.8, 4) is 0 Å². The fraction of sp³-hybridized carbons (Fsp3) is 0.636. The molecule has 0 fully saturated rings. The number of unbranched alkanes of at least 4 members (excludes halogenated alkanes) is 1. The summed E-state index contributed by atoms with van der Waals surface area (Å²) < 4.78 is 46.0. The highest BCUT2D eigenvalue weighted by molar-refractivity contribution is 5.73. The number of rotatable bonds is 11. The number of amides is 1. The molecule has 176 valence electrons. The monoisotopic (exact) mass is 446 g/mol. The smallest absolute Gasteiger partial charge is 0.407 e. The van der Waals surface area contributed by atoms with E-state index in [1.54, 1.807) is 32.9 Å². The average Bonchev–Trinajstić information content (AvgIpc) is 2.62. The van der Waals surface area contributed by atoms with Crippen LogP contribution in [-0.2, 0) is 16.0 Å². The van der Waals surface area contributed by atoms with Gasteiger partial charge in [0.05, 0.1) is 0 Å². The second-order valence-corrected chi connectivity index (χ2v) is 8.45. The van der Waals surface area contributed by atoms with E-state index in [4.69, 9.17) is 4.74 Å². The number of ether oxygens (including phenoxy) is 1. The molecule has 0 saturated carbocycles. The van der Waals surface area contributed by atoms with Crippen molar-refractivity contribution in [2.45, 2.75) is 83.7 Å². The summed E-state index contributed by atoms with van der Waals surface area (Å²) in [6.45, 7) is 7.40. The van der Waals surface area contributed by atoms with Crippen molar-refractivity contribution in [2.75, 3.05) is 6.54 Å². The Morgan fingerprint density at radius 3 is 2.19 bits per heavy atom. The van der Waals surface area contributed by atoms with E-state index in [-0.39, 0.29) is 18.5 Å². The van der Waals surface area contributed by atoms with Crippen molar-refractivity contribution < 1.29 is 32.6 Å². The van der Waals surface area contributed by atoms with Crippen molar-refractivity contribution in [2.24, 2.45) is 0 Å². The Morgan fingerprint density at radius 2 is 1.71 bits per heavy atom. The third kappa shape index (κ3) is 10.5. The van der Waals surface area contributed by atoms with Crippen molar-refractivity contribution >= 4 is 12.1 Å². The van der Waals surface area contributed by atoms with Gasteiger partial charge in [-0.1, -0.05) is 37.6 Å². The van der Waals surface area contributed by atoms with Gasteiger partial charge < -0.3 is 15.2 Å². The number of nitrogens with one attached hydrogen (secondary N) is 2. The van der Waals surface area contributed by atoms with Crippen LogP contribution in [0.3, 0.4) is 0 Å². The summed E-state index contributed by atoms with van der Waals surface area (Å²) in [5, 5.41) is 14.2. The number of benzene rings is 1. The molecule has 9 heteroatoms. The number of alkyl halides is 3. The zero-order valence-electron chi connectivity index (χ0n) is 18.5. The van der Waals surface area contributed by atoms with Crippen LogP contribution < -0.4 is 10.6 Å². The van der Waals surface area contributed by atoms with Crippen molar-refractivity contribution in [3.05, 3.63) is 35.4 Å². The molecule has 0 saturated heterocycles. The molecule has 0 radical (unpaired) electrons. The first-order valence-corrected chi connectivity index (χ1v) is 10.4. The summed E-state index contributed by atoms with van der Waals surface area (Å²) in [5.74, 6) is -1.35. The van der Waals surface area contributed by atoms with Crippen molar-refractivity contribution in [1.29, 1.82) is 0 Å². The lowest BCUT2D eigenvalue weighted by Gasteiger charge is -2.26. The minimum Gasteiger partial charge on any atom is -0.480 e. The maximum Gasteiger partial charge on any atom is 0.407 e. The van der Waals surface area contributed by atoms with Gasteiger partial charge in [-0.2, -0.15) is 13.2 Å². The van der Waals surface area contributed by atoms with Crippen LogP contribution in [-0.4, -0.2) is 41.5 Å². The molecule has 0 aromatic heterocycles. The first-order valence-electron chi connectivity index (χ1n) is 10.4. The van der Waals surface area contributed by atoms with E-state index in [9.17, 15) is 27.9 Å². The second-order valence-electron chi connectivity index (χ2n) is 8.45. The van der Waals surface area contributed by atoms with Crippen LogP contribution in [0.25, 0.3) is 0 Å². The Balaban J connectivity index is 2.67. The van der Waals surface area contributed by atoms with Gasteiger partial charge in [0.2, 0.25) is 0 Å². The molecule has 0 aliphatic carbocycles. The zero-order chi connectivity index (χ0) is 23.7. The molecular formula is C22H33F3N2O4. The van der Waals surface area contributed by atoms with Gasteiger partial charge in [-0.15, -0.1) is 0 Å². The molecular weight excluding hydrogens is 413 g/mol. The molecule has 2 atom stereocenters. The number of carbonyl (C=O) groups is 2. The lowest BCUT2D eigenvalue weighted by molar-refractivity contribution is -0.163. The van der Waals surface area contributed by atoms with Gasteiger partial charge in [0.1, 0.15) is 17.7 Å². The van der Waals surface area contributed by atoms with Crippen molar-refractivity contribution in [1.82, 2.24) is 10.6 Å². The first-order chi connectivity index (χ1) is 14.3. The van der Waals surface area contributed by atoms with Crippen LogP contribution in [0.4, 0.5) is 18.0 Å². The molecule has 1 aromatic carbocycles. The Labute approximate surface area is 181 Å². The Hall–Kier alpha value is -2.29. The summed E-state index contributed by atoms with van der Waals surface area (Å²) in [4.78, 5) is 23.1. The molecule has 1 aromatic rings. The lowest BCUT2D eigenvalue weighted by Crippen LogP contribution is -2.44. The summed E-state index contributed by atoms with van der Waals surface area (Å²) >= 11 is 0. The molecule has 0 bridgehead atoms. The summed E-state index contributed by atoms with van der Waals surface area (Å²) in [6.07, 6.45) is -2.87. The number of hydrogen-bond donors (Lipinski definition) is 3. The summed E-state index contributed by atoms with van der Waals surface area (Å²) in [7, 11) is 0. The molecule has 0 aliphatic heterocycles. The normalized spacial score (nSPS) is 14.0. The molecule has 1 rings (SSSR count). The maximum atomic E-state index is 13.6. The van der Waals surface area contributed by atoms with Crippen LogP contribution in [0.5, 0.6) is 0 Å². The number of hydrogen-bond acceptors (Lipinski definition) is 4. The molecule has 1 amide bonds. The summed E-state index contributed by atoms with van der Waals surface area (Å²) in [5.41, 5.74) is 0.272. The Bertz CT molecular complexity index is 700. The number of aryl methyl sites for hydroxylation is 1. The number of carboxylic acids is 1. The van der Waals surface area contributed by atoms with Crippen LogP contribution in [0, 0.1) is 0 Å². The highest BCUT2D eigenvalue weighted by Crippen LogP contribution is 2.33. The molecule has 6 nitrogen and oxygen atoms in total. The van der Waals surface area contributed by atoms with Gasteiger partial charge in [-0.25, -0.2) is 4.79 Å². The molecule has 0 heterocycles. The Kier molecular flexibility index (Phi) is 10.3. The van der Waals surface area contributed by atoms with E-state index in [1.165, 1.54) is 12.1 Å². The van der Waals surface area contributed by atoms with Crippen LogP contribution in [0.15, 0.2) is 24.3 Å². The van der Waals surface area contributed by atoms with E-state index in [0.717, 1.165) is 18.4 Å². The standard InChI is InChI=1S/C22H33F3N2O4/c1-5-8-15-10-12-16(13-11-15)18(22(23,24)25)27-17(19(28)29)9-6-7-14-26-20(30)31-21(2,3)4/h10-13,17-18,27H,5-9,14H2,1-4H3,(H,26,30)(H,28,29)/t17-,18?/m0/s1. The molecule has 0 aliphatic rings. The maximum absolute atomic E-state index is 13.6. The fourth-order valence-electron chi connectivity index (χ4n) is 3.00. The fourth-order valence-corrected chi connectivity index (χ4v) is 3.00. The first kappa shape index (κ1) is 26.7. The third-order valence-electron chi connectivity index (χ3n) is 4.43. The topological polar surface area (TPSA) is 87.7 Å². The van der Waals surface area contributed by atoms with Crippen LogP contribution in [0.1, 0.15) is 70.5 Å². The molecule has 3 N–H and O–H groups in total. The van der Waals surface area contributed by atoms with Gasteiger partial charge in [-0.05, 0) is 57.6 Å². The predicted molar refractivity (Wildman–Crippen MR) is 112 cm³/mol. The van der Waals surface area contributed by atoms with E-state index in [0.29, 0.717) is 12.8 Å². The number of carboxylic acid groups (broad SMARTS) is 1. The van der Waals surface area contributed by atoms with Gasteiger partial charge in [0.25, 0.3) is 0 Å². The Morgan fingerprint density at radius 1 is 1.10 bits per heavy atom. The minimum absolute atomic E-state index is 0.00811. The zero-order valence-corrected chi connectivity index (χ0v) is 18.5. The molecule has 31 heavy (non-hydrogen) atoms. The predicted octanol–water partition coefficient (Wildman–Crippen LogP) is 4.98. The van der Waals surface area contributed by atoms with E-state index in [1.807, 2.05) is 6.92 Å². The minimum atomic E-state index is -4.64. The highest BCUT2D eigenvalue weighted by Gasteiger charge is 2.42. The largest absolute Gasteiger partial charge is 0.480 e. The average molecular weight is 447 g/mol. The van der Waals surface area contributed by atoms with Gasteiger partial charge in [0.15, 0.2) is 0 Å². The van der Waals surface area contributed by atoms with Crippen LogP contribution in [0.2, 0.25) is 0 Å². The SMILES string of the molecule is CCCc1ccc(C(N[C@@H](CCCCNC(=O)OC(C)(C)C)C(=O)O)C(F)(F)F)cc1. The van der Waals surface area contributed by atoms with Crippen molar-refractivity contribution in [3.63, 3.8) is 0 Å². The quantitative estimate of drug-likeness (QED) is 0.417. The van der Waals surface area contributed by atoms with E-state index < -0.39 is 35.9 Å². The molecule has 0 spiro atoms. The lowest BCUT2D eigenvalue weighted by atomic mass is 10.0. The van der Waals surface area contributed by atoms with Gasteiger partial charge in [0, 0.05) is 6.54 Å². The highest BCUT2D eigenvalue weighted by atomic mass is 19.4. The van der Waals surface area contributed by atoms with E-state index in [2.05, 4.69) is 10.6 Å². The van der Waals surface area contributed by atoms with Crippen LogP contribution >= 0.6 is 0 Å². The summed E-state index contributed by atoms with van der Waals surface area (Å²) in [6, 6.07) is 2.60. The number of carbonyl (C=O) groups excluding carboxylic acids is 1. The number of aliphatic carboxylic acids is 1. The van der Waals surface area contributed by atoms with E-state index >= 15 is 0 Å². The molecule has 1 unspecified atom stereocenters. The second kappa shape index (κ2) is 11.9. The van der Waals surface area contributed by atoms with Gasteiger partial charge >= 0.3 is 18.2 Å².